The van der Waals surface area contributed by atoms with Crippen molar-refractivity contribution in [1.82, 2.24) is 10.2 Å². The van der Waals surface area contributed by atoms with Gasteiger partial charge in [0, 0.05) is 44.9 Å². The van der Waals surface area contributed by atoms with Crippen molar-refractivity contribution in [3.05, 3.63) is 0 Å². The van der Waals surface area contributed by atoms with Crippen molar-refractivity contribution in [1.29, 1.82) is 0 Å². The smallest absolute Gasteiger partial charge is 0.0474 e. The Hall–Kier alpha value is -0.120. The molecule has 0 aromatic heterocycles. The molecule has 1 spiro atoms. The van der Waals surface area contributed by atoms with E-state index in [0.29, 0.717) is 11.6 Å². The molecule has 1 N–H and O–H groups in total. The Morgan fingerprint density at radius 2 is 2.05 bits per heavy atom. The van der Waals surface area contributed by atoms with E-state index in [-0.39, 0.29) is 0 Å². The maximum atomic E-state index is 5.26. The van der Waals surface area contributed by atoms with E-state index in [1.807, 2.05) is 7.11 Å². The number of nitrogens with one attached hydrogen (secondary N) is 1. The Morgan fingerprint density at radius 1 is 1.30 bits per heavy atom. The van der Waals surface area contributed by atoms with E-state index in [0.717, 1.165) is 12.5 Å². The highest BCUT2D eigenvalue weighted by atomic mass is 16.5. The average Bonchev–Trinajstić information content (AvgIpc) is 2.49. The second kappa shape index (κ2) is 7.77. The van der Waals surface area contributed by atoms with E-state index in [1.54, 1.807) is 0 Å². The maximum absolute atomic E-state index is 5.26. The van der Waals surface area contributed by atoms with Crippen molar-refractivity contribution in [2.45, 2.75) is 70.4 Å². The topological polar surface area (TPSA) is 24.5 Å². The summed E-state index contributed by atoms with van der Waals surface area (Å²) in [6.45, 7) is 9.25. The van der Waals surface area contributed by atoms with Crippen LogP contribution in [0, 0.1) is 5.92 Å². The lowest BCUT2D eigenvalue weighted by molar-refractivity contribution is -0.00412. The summed E-state index contributed by atoms with van der Waals surface area (Å²) in [7, 11) is 1.82. The minimum atomic E-state index is 0.454. The zero-order chi connectivity index (χ0) is 14.4. The normalized spacial score (nSPS) is 28.6. The van der Waals surface area contributed by atoms with Crippen LogP contribution in [0.2, 0.25) is 0 Å². The molecule has 1 saturated carbocycles. The van der Waals surface area contributed by atoms with Gasteiger partial charge in [-0.25, -0.2) is 0 Å². The Balaban J connectivity index is 1.99. The molecule has 1 heterocycles. The van der Waals surface area contributed by atoms with Gasteiger partial charge in [0.25, 0.3) is 0 Å². The van der Waals surface area contributed by atoms with E-state index in [9.17, 15) is 0 Å². The number of rotatable bonds is 6. The highest BCUT2D eigenvalue weighted by molar-refractivity contribution is 5.01. The Kier molecular flexibility index (Phi) is 6.31. The molecular weight excluding hydrogens is 248 g/mol. The Labute approximate surface area is 125 Å². The van der Waals surface area contributed by atoms with Crippen LogP contribution in [0.15, 0.2) is 0 Å². The molecule has 0 aromatic carbocycles. The number of piperazine rings is 1. The van der Waals surface area contributed by atoms with Gasteiger partial charge in [0.05, 0.1) is 0 Å². The lowest BCUT2D eigenvalue weighted by Gasteiger charge is -2.53. The molecule has 3 nitrogen and oxygen atoms in total. The summed E-state index contributed by atoms with van der Waals surface area (Å²) in [5.74, 6) is 0.779. The Morgan fingerprint density at radius 3 is 2.70 bits per heavy atom. The van der Waals surface area contributed by atoms with Gasteiger partial charge in [0.2, 0.25) is 0 Å². The van der Waals surface area contributed by atoms with E-state index in [4.69, 9.17) is 4.74 Å². The lowest BCUT2D eigenvalue weighted by Crippen LogP contribution is -2.66. The van der Waals surface area contributed by atoms with Crippen molar-refractivity contribution in [3.8, 4) is 0 Å². The lowest BCUT2D eigenvalue weighted by atomic mass is 9.77. The summed E-state index contributed by atoms with van der Waals surface area (Å²) >= 11 is 0. The van der Waals surface area contributed by atoms with Crippen LogP contribution in [0.1, 0.15) is 58.8 Å². The molecule has 1 aliphatic heterocycles. The number of ether oxygens (including phenoxy) is 1. The number of hydrogen-bond acceptors (Lipinski definition) is 3. The molecular formula is C17H34N2O. The number of hydrogen-bond donors (Lipinski definition) is 1. The van der Waals surface area contributed by atoms with Crippen molar-refractivity contribution in [3.63, 3.8) is 0 Å². The molecule has 2 fully saturated rings. The zero-order valence-corrected chi connectivity index (χ0v) is 13.8. The van der Waals surface area contributed by atoms with E-state index in [2.05, 4.69) is 24.1 Å². The zero-order valence-electron chi connectivity index (χ0n) is 13.8. The fraction of sp³-hybridized carbons (Fsp3) is 1.00. The predicted octanol–water partition coefficient (Wildman–Crippen LogP) is 3.05. The summed E-state index contributed by atoms with van der Waals surface area (Å²) in [4.78, 5) is 2.82. The maximum Gasteiger partial charge on any atom is 0.0474 e. The van der Waals surface area contributed by atoms with Crippen molar-refractivity contribution in [2.24, 2.45) is 5.92 Å². The fourth-order valence-electron chi connectivity index (χ4n) is 4.03. The van der Waals surface area contributed by atoms with E-state index in [1.165, 1.54) is 64.6 Å². The molecule has 0 bridgehead atoms. The molecule has 0 amide bonds. The van der Waals surface area contributed by atoms with Gasteiger partial charge in [-0.1, -0.05) is 39.5 Å². The summed E-state index contributed by atoms with van der Waals surface area (Å²) in [6.07, 6.45) is 9.48. The van der Waals surface area contributed by atoms with Crippen molar-refractivity contribution >= 4 is 0 Å². The van der Waals surface area contributed by atoms with Crippen LogP contribution in [0.3, 0.4) is 0 Å². The first-order valence-electron chi connectivity index (χ1n) is 8.69. The summed E-state index contributed by atoms with van der Waals surface area (Å²) in [5, 5.41) is 3.88. The van der Waals surface area contributed by atoms with Gasteiger partial charge >= 0.3 is 0 Å². The third-order valence-electron chi connectivity index (χ3n) is 5.67. The van der Waals surface area contributed by atoms with Crippen LogP contribution in [0.25, 0.3) is 0 Å². The Bertz CT molecular complexity index is 276. The third kappa shape index (κ3) is 3.75. The standard InChI is InChI=1S/C17H34N2O/c1-4-15(2)16-13-19(11-8-12-20-3)17(14-18-16)9-6-5-7-10-17/h15-16,18H,4-14H2,1-3H3. The molecule has 0 radical (unpaired) electrons. The van der Waals surface area contributed by atoms with Gasteiger partial charge in [-0.2, -0.15) is 0 Å². The molecule has 2 unspecified atom stereocenters. The molecule has 0 aromatic rings. The molecule has 2 rings (SSSR count). The summed E-state index contributed by atoms with van der Waals surface area (Å²) in [6, 6.07) is 0.676. The van der Waals surface area contributed by atoms with Crippen LogP contribution in [0.4, 0.5) is 0 Å². The highest BCUT2D eigenvalue weighted by Gasteiger charge is 2.42. The number of methoxy groups -OCH3 is 1. The van der Waals surface area contributed by atoms with Gasteiger partial charge in [0.15, 0.2) is 0 Å². The quantitative estimate of drug-likeness (QED) is 0.758. The molecule has 2 aliphatic rings. The van der Waals surface area contributed by atoms with Gasteiger partial charge in [-0.15, -0.1) is 0 Å². The molecule has 118 valence electrons. The molecule has 1 aliphatic carbocycles. The first-order chi connectivity index (χ1) is 9.72. The predicted molar refractivity (Wildman–Crippen MR) is 85.1 cm³/mol. The highest BCUT2D eigenvalue weighted by Crippen LogP contribution is 2.36. The molecule has 2 atom stereocenters. The first-order valence-corrected chi connectivity index (χ1v) is 8.69. The van der Waals surface area contributed by atoms with E-state index >= 15 is 0 Å². The monoisotopic (exact) mass is 282 g/mol. The van der Waals surface area contributed by atoms with Crippen molar-refractivity contribution in [2.75, 3.05) is 33.4 Å². The van der Waals surface area contributed by atoms with Gasteiger partial charge in [0.1, 0.15) is 0 Å². The third-order valence-corrected chi connectivity index (χ3v) is 5.67. The summed E-state index contributed by atoms with van der Waals surface area (Å²) < 4.78 is 5.26. The largest absolute Gasteiger partial charge is 0.385 e. The molecule has 3 heteroatoms. The molecule has 1 saturated heterocycles. The average molecular weight is 282 g/mol. The van der Waals surface area contributed by atoms with E-state index < -0.39 is 0 Å². The summed E-state index contributed by atoms with van der Waals surface area (Å²) in [5.41, 5.74) is 0.454. The van der Waals surface area contributed by atoms with Gasteiger partial charge in [-0.3, -0.25) is 4.90 Å². The van der Waals surface area contributed by atoms with Gasteiger partial charge in [-0.05, 0) is 25.2 Å². The second-order valence-corrected chi connectivity index (χ2v) is 6.95. The first kappa shape index (κ1) is 16.3. The van der Waals surface area contributed by atoms with Crippen molar-refractivity contribution < 1.29 is 4.74 Å². The van der Waals surface area contributed by atoms with Crippen LogP contribution in [-0.2, 0) is 4.74 Å². The van der Waals surface area contributed by atoms with Crippen LogP contribution >= 0.6 is 0 Å². The minimum absolute atomic E-state index is 0.454. The SMILES string of the molecule is CCC(C)C1CN(CCCOC)C2(CCCCC2)CN1. The molecule has 20 heavy (non-hydrogen) atoms. The van der Waals surface area contributed by atoms with Gasteiger partial charge < -0.3 is 10.1 Å². The van der Waals surface area contributed by atoms with Crippen LogP contribution in [0.5, 0.6) is 0 Å². The minimum Gasteiger partial charge on any atom is -0.385 e. The second-order valence-electron chi connectivity index (χ2n) is 6.95. The van der Waals surface area contributed by atoms with Crippen LogP contribution in [-0.4, -0.2) is 49.8 Å². The van der Waals surface area contributed by atoms with Crippen LogP contribution < -0.4 is 5.32 Å². The number of nitrogens with zero attached hydrogens (tertiary/aromatic N) is 1. The fourth-order valence-corrected chi connectivity index (χ4v) is 4.03.